The van der Waals surface area contributed by atoms with E-state index in [9.17, 15) is 13.2 Å². The highest BCUT2D eigenvalue weighted by Gasteiger charge is 2.33. The summed E-state index contributed by atoms with van der Waals surface area (Å²) in [5.41, 5.74) is 0.280. The van der Waals surface area contributed by atoms with Gasteiger partial charge in [0.15, 0.2) is 0 Å². The molecule has 7 nitrogen and oxygen atoms in total. The number of hydrogen-bond donors (Lipinski definition) is 1. The number of fused-ring (bicyclic) bond motifs is 1. The molecule has 2 N–H and O–H groups in total. The molecule has 1 aromatic carbocycles. The van der Waals surface area contributed by atoms with E-state index in [4.69, 9.17) is 5.14 Å². The predicted molar refractivity (Wildman–Crippen MR) is 93.6 cm³/mol. The number of aromatic nitrogens is 1. The zero-order valence-corrected chi connectivity index (χ0v) is 14.6. The van der Waals surface area contributed by atoms with Crippen molar-refractivity contribution in [3.05, 3.63) is 36.2 Å². The van der Waals surface area contributed by atoms with Gasteiger partial charge in [-0.1, -0.05) is 12.1 Å². The minimum absolute atomic E-state index is 0.0139. The van der Waals surface area contributed by atoms with Crippen LogP contribution in [0.5, 0.6) is 0 Å². The number of rotatable bonds is 3. The maximum absolute atomic E-state index is 12.9. The second kappa shape index (κ2) is 6.05. The Bertz CT molecular complexity index is 932. The highest BCUT2D eigenvalue weighted by Crippen LogP contribution is 2.28. The van der Waals surface area contributed by atoms with E-state index in [1.807, 2.05) is 0 Å². The first-order valence-electron chi connectivity index (χ1n) is 8.39. The maximum Gasteiger partial charge on any atom is 0.273 e. The second-order valence-corrected chi connectivity index (χ2v) is 8.15. The van der Waals surface area contributed by atoms with Gasteiger partial charge >= 0.3 is 0 Å². The largest absolute Gasteiger partial charge is 0.335 e. The van der Waals surface area contributed by atoms with Gasteiger partial charge in [-0.15, -0.1) is 0 Å². The van der Waals surface area contributed by atoms with Gasteiger partial charge in [-0.05, 0) is 25.0 Å². The Morgan fingerprint density at radius 2 is 1.80 bits per heavy atom. The van der Waals surface area contributed by atoms with Crippen LogP contribution in [0.2, 0.25) is 0 Å². The molecule has 132 valence electrons. The van der Waals surface area contributed by atoms with Crippen LogP contribution in [0.1, 0.15) is 23.3 Å². The van der Waals surface area contributed by atoms with Gasteiger partial charge in [-0.2, -0.15) is 0 Å². The van der Waals surface area contributed by atoms with Crippen LogP contribution in [0, 0.1) is 0 Å². The number of sulfonamides is 1. The summed E-state index contributed by atoms with van der Waals surface area (Å²) < 4.78 is 23.6. The van der Waals surface area contributed by atoms with Gasteiger partial charge in [0, 0.05) is 49.2 Å². The van der Waals surface area contributed by atoms with E-state index in [1.54, 1.807) is 23.1 Å². The van der Waals surface area contributed by atoms with E-state index in [-0.39, 0.29) is 16.5 Å². The summed E-state index contributed by atoms with van der Waals surface area (Å²) in [5, 5.41) is 6.24. The lowest BCUT2D eigenvalue weighted by atomic mass is 10.1. The first-order valence-corrected chi connectivity index (χ1v) is 9.93. The molecule has 4 rings (SSSR count). The number of pyridine rings is 1. The molecule has 1 aliphatic heterocycles. The van der Waals surface area contributed by atoms with E-state index >= 15 is 0 Å². The molecule has 1 saturated heterocycles. The normalized spacial score (nSPS) is 19.3. The molecule has 2 heterocycles. The lowest BCUT2D eigenvalue weighted by molar-refractivity contribution is 0.0623. The Labute approximate surface area is 146 Å². The SMILES string of the molecule is NS(=O)(=O)c1cccc2c(C(=O)N3CCN(C4CC4)CC3)nccc12. The zero-order chi connectivity index (χ0) is 17.6. The number of nitrogens with two attached hydrogens (primary N) is 1. The van der Waals surface area contributed by atoms with Crippen LogP contribution in [0.3, 0.4) is 0 Å². The number of primary sulfonamides is 1. The summed E-state index contributed by atoms with van der Waals surface area (Å²) in [6, 6.07) is 7.03. The fourth-order valence-corrected chi connectivity index (χ4v) is 4.23. The molecule has 0 bridgehead atoms. The first kappa shape index (κ1) is 16.4. The van der Waals surface area contributed by atoms with E-state index in [0.717, 1.165) is 13.1 Å². The predicted octanol–water partition coefficient (Wildman–Crippen LogP) is 0.802. The van der Waals surface area contributed by atoms with Crippen molar-refractivity contribution in [3.8, 4) is 0 Å². The third-order valence-electron chi connectivity index (χ3n) is 4.94. The van der Waals surface area contributed by atoms with Crippen LogP contribution in [0.4, 0.5) is 0 Å². The smallest absolute Gasteiger partial charge is 0.273 e. The number of amides is 1. The zero-order valence-electron chi connectivity index (χ0n) is 13.8. The molecule has 2 aliphatic rings. The van der Waals surface area contributed by atoms with Crippen LogP contribution < -0.4 is 5.14 Å². The van der Waals surface area contributed by atoms with Crippen LogP contribution >= 0.6 is 0 Å². The van der Waals surface area contributed by atoms with Gasteiger partial charge in [-0.25, -0.2) is 13.6 Å². The molecule has 8 heteroatoms. The summed E-state index contributed by atoms with van der Waals surface area (Å²) in [7, 11) is -3.87. The van der Waals surface area contributed by atoms with Crippen LogP contribution in [-0.2, 0) is 10.0 Å². The third-order valence-corrected chi connectivity index (χ3v) is 5.91. The Morgan fingerprint density at radius 1 is 1.08 bits per heavy atom. The van der Waals surface area contributed by atoms with Crippen molar-refractivity contribution in [2.45, 2.75) is 23.8 Å². The van der Waals surface area contributed by atoms with Gasteiger partial charge < -0.3 is 4.90 Å². The van der Waals surface area contributed by atoms with Gasteiger partial charge in [0.05, 0.1) is 4.90 Å². The van der Waals surface area contributed by atoms with E-state index in [0.29, 0.717) is 29.9 Å². The molecule has 1 aliphatic carbocycles. The third kappa shape index (κ3) is 3.12. The standard InChI is InChI=1S/C17H20N4O3S/c18-25(23,24)15-3-1-2-14-13(15)6-7-19-16(14)17(22)21-10-8-20(9-11-21)12-4-5-12/h1-3,6-7,12H,4-5,8-11H2,(H2,18,23,24). The lowest BCUT2D eigenvalue weighted by Crippen LogP contribution is -2.49. The lowest BCUT2D eigenvalue weighted by Gasteiger charge is -2.34. The Hall–Kier alpha value is -2.03. The van der Waals surface area contributed by atoms with Crippen molar-refractivity contribution in [3.63, 3.8) is 0 Å². The Morgan fingerprint density at radius 3 is 2.44 bits per heavy atom. The van der Waals surface area contributed by atoms with Crippen LogP contribution in [0.25, 0.3) is 10.8 Å². The van der Waals surface area contributed by atoms with Gasteiger partial charge in [0.25, 0.3) is 5.91 Å². The number of nitrogens with zero attached hydrogens (tertiary/aromatic N) is 3. The molecule has 0 radical (unpaired) electrons. The van der Waals surface area contributed by atoms with Crippen LogP contribution in [0.15, 0.2) is 35.4 Å². The van der Waals surface area contributed by atoms with Crippen molar-refractivity contribution in [1.82, 2.24) is 14.8 Å². The molecular weight excluding hydrogens is 340 g/mol. The van der Waals surface area contributed by atoms with E-state index in [2.05, 4.69) is 9.88 Å². The van der Waals surface area contributed by atoms with Crippen molar-refractivity contribution in [2.24, 2.45) is 5.14 Å². The molecule has 0 spiro atoms. The topological polar surface area (TPSA) is 96.6 Å². The summed E-state index contributed by atoms with van der Waals surface area (Å²) in [6.45, 7) is 3.10. The summed E-state index contributed by atoms with van der Waals surface area (Å²) in [5.74, 6) is -0.160. The Balaban J connectivity index is 1.66. The quantitative estimate of drug-likeness (QED) is 0.873. The second-order valence-electron chi connectivity index (χ2n) is 6.62. The summed E-state index contributed by atoms with van der Waals surface area (Å²) in [6.07, 6.45) is 3.98. The van der Waals surface area contributed by atoms with Gasteiger partial charge in [-0.3, -0.25) is 14.7 Å². The first-order chi connectivity index (χ1) is 11.9. The van der Waals surface area contributed by atoms with Crippen LogP contribution in [-0.4, -0.2) is 61.3 Å². The molecule has 25 heavy (non-hydrogen) atoms. The van der Waals surface area contributed by atoms with Crippen molar-refractivity contribution >= 4 is 26.7 Å². The molecule has 1 saturated carbocycles. The van der Waals surface area contributed by atoms with Crippen molar-refractivity contribution in [2.75, 3.05) is 26.2 Å². The molecule has 0 atom stereocenters. The minimum Gasteiger partial charge on any atom is -0.335 e. The highest BCUT2D eigenvalue weighted by atomic mass is 32.2. The maximum atomic E-state index is 12.9. The number of carbonyl (C=O) groups excluding carboxylic acids is 1. The minimum atomic E-state index is -3.87. The molecule has 2 aromatic rings. The average Bonchev–Trinajstić information content (AvgIpc) is 3.44. The number of hydrogen-bond acceptors (Lipinski definition) is 5. The number of piperazine rings is 1. The number of benzene rings is 1. The fraction of sp³-hybridized carbons (Fsp3) is 0.412. The molecule has 0 unspecified atom stereocenters. The van der Waals surface area contributed by atoms with Gasteiger partial charge in [0.2, 0.25) is 10.0 Å². The van der Waals surface area contributed by atoms with E-state index in [1.165, 1.54) is 25.1 Å². The number of carbonyl (C=O) groups is 1. The molecule has 1 aromatic heterocycles. The summed E-state index contributed by atoms with van der Waals surface area (Å²) in [4.78, 5) is 21.4. The molecule has 2 fully saturated rings. The summed E-state index contributed by atoms with van der Waals surface area (Å²) >= 11 is 0. The highest BCUT2D eigenvalue weighted by molar-refractivity contribution is 7.89. The average molecular weight is 360 g/mol. The Kier molecular flexibility index (Phi) is 3.98. The van der Waals surface area contributed by atoms with Crippen molar-refractivity contribution in [1.29, 1.82) is 0 Å². The van der Waals surface area contributed by atoms with Gasteiger partial charge in [0.1, 0.15) is 5.69 Å². The molecule has 1 amide bonds. The fourth-order valence-electron chi connectivity index (χ4n) is 3.48. The van der Waals surface area contributed by atoms with Crippen molar-refractivity contribution < 1.29 is 13.2 Å². The molecular formula is C17H20N4O3S. The van der Waals surface area contributed by atoms with E-state index < -0.39 is 10.0 Å². The monoisotopic (exact) mass is 360 g/mol.